The molecule has 1 aliphatic rings. The molecule has 0 fully saturated rings. The van der Waals surface area contributed by atoms with E-state index in [1.807, 2.05) is 54.6 Å². The van der Waals surface area contributed by atoms with Crippen LogP contribution in [0.1, 0.15) is 25.3 Å². The molecule has 162 valence electrons. The molecule has 32 heavy (non-hydrogen) atoms. The largest absolute Gasteiger partial charge is 0.495 e. The summed E-state index contributed by atoms with van der Waals surface area (Å²) in [5.74, 6) is 0.0736. The molecule has 5 nitrogen and oxygen atoms in total. The number of thioether (sulfide) groups is 1. The fraction of sp³-hybridized carbons (Fsp3) is 0.154. The maximum absolute atomic E-state index is 13.5. The van der Waals surface area contributed by atoms with Crippen molar-refractivity contribution in [3.05, 3.63) is 95.0 Å². The van der Waals surface area contributed by atoms with Crippen LogP contribution in [0.2, 0.25) is 0 Å². The fourth-order valence-corrected chi connectivity index (χ4v) is 4.40. The molecule has 3 aromatic rings. The second-order valence-corrected chi connectivity index (χ2v) is 8.72. The summed E-state index contributed by atoms with van der Waals surface area (Å²) in [5.41, 5.74) is 2.63. The molecule has 0 radical (unpaired) electrons. The Labute approximate surface area is 192 Å². The summed E-state index contributed by atoms with van der Waals surface area (Å²) in [6.45, 7) is 4.26. The summed E-state index contributed by atoms with van der Waals surface area (Å²) < 4.78 is 5.41. The summed E-state index contributed by atoms with van der Waals surface area (Å²) in [6, 6.07) is 24.5. The predicted octanol–water partition coefficient (Wildman–Crippen LogP) is 5.81. The van der Waals surface area contributed by atoms with Gasteiger partial charge in [0.1, 0.15) is 16.4 Å². The molecule has 6 heteroatoms. The van der Waals surface area contributed by atoms with Gasteiger partial charge in [0.15, 0.2) is 0 Å². The van der Waals surface area contributed by atoms with Gasteiger partial charge >= 0.3 is 0 Å². The summed E-state index contributed by atoms with van der Waals surface area (Å²) in [4.78, 5) is 29.3. The molecule has 1 aliphatic heterocycles. The van der Waals surface area contributed by atoms with Crippen LogP contribution in [0.4, 0.5) is 11.4 Å². The van der Waals surface area contributed by atoms with Crippen LogP contribution in [-0.4, -0.2) is 18.9 Å². The molecule has 0 aromatic heterocycles. The number of carbonyl (C=O) groups excluding carboxylic acids is 2. The van der Waals surface area contributed by atoms with E-state index in [9.17, 15) is 9.59 Å². The topological polar surface area (TPSA) is 58.6 Å². The van der Waals surface area contributed by atoms with Crippen LogP contribution < -0.4 is 15.0 Å². The Kier molecular flexibility index (Phi) is 6.32. The lowest BCUT2D eigenvalue weighted by molar-refractivity contribution is -0.120. The molecule has 2 amide bonds. The first-order chi connectivity index (χ1) is 15.5. The van der Waals surface area contributed by atoms with Crippen molar-refractivity contribution in [2.75, 3.05) is 17.3 Å². The van der Waals surface area contributed by atoms with Crippen molar-refractivity contribution in [2.45, 2.75) is 24.7 Å². The van der Waals surface area contributed by atoms with E-state index >= 15 is 0 Å². The van der Waals surface area contributed by atoms with Crippen LogP contribution in [-0.2, 0) is 9.59 Å². The Morgan fingerprint density at radius 1 is 0.844 bits per heavy atom. The minimum atomic E-state index is -0.411. The number of amides is 2. The van der Waals surface area contributed by atoms with Crippen LogP contribution in [0, 0.1) is 0 Å². The van der Waals surface area contributed by atoms with Gasteiger partial charge in [-0.3, -0.25) is 9.59 Å². The number of nitrogens with one attached hydrogen (secondary N) is 1. The third-order valence-corrected chi connectivity index (χ3v) is 6.27. The lowest BCUT2D eigenvalue weighted by Crippen LogP contribution is -2.32. The normalized spacial score (nSPS) is 13.8. The molecule has 0 bridgehead atoms. The van der Waals surface area contributed by atoms with E-state index in [4.69, 9.17) is 4.74 Å². The molecule has 4 rings (SSSR count). The zero-order chi connectivity index (χ0) is 22.7. The molecule has 1 heterocycles. The number of nitrogens with zero attached hydrogens (tertiary/aromatic N) is 1. The molecule has 0 atom stereocenters. The third kappa shape index (κ3) is 4.27. The first kappa shape index (κ1) is 21.7. The van der Waals surface area contributed by atoms with Crippen LogP contribution in [0.25, 0.3) is 0 Å². The molecular weight excluding hydrogens is 420 g/mol. The van der Waals surface area contributed by atoms with Crippen LogP contribution in [0.3, 0.4) is 0 Å². The van der Waals surface area contributed by atoms with Gasteiger partial charge in [0.25, 0.3) is 11.8 Å². The second-order valence-electron chi connectivity index (χ2n) is 7.64. The quantitative estimate of drug-likeness (QED) is 0.466. The Bertz CT molecular complexity index is 1170. The highest BCUT2D eigenvalue weighted by molar-refractivity contribution is 8.04. The molecule has 3 aromatic carbocycles. The highest BCUT2D eigenvalue weighted by Crippen LogP contribution is 2.40. The van der Waals surface area contributed by atoms with Crippen molar-refractivity contribution in [2.24, 2.45) is 0 Å². The van der Waals surface area contributed by atoms with Crippen molar-refractivity contribution < 1.29 is 14.3 Å². The van der Waals surface area contributed by atoms with Crippen molar-refractivity contribution >= 4 is 35.0 Å². The SMILES string of the molecule is COc1ccccc1N1C(=O)C(Nc2ccc(C(C)C)cc2)=C(Sc2ccccc2)C1=O. The molecule has 0 saturated carbocycles. The standard InChI is InChI=1S/C26H24N2O3S/c1-17(2)18-13-15-19(16-14-18)27-23-24(32-20-9-5-4-6-10-20)26(30)28(25(23)29)21-11-7-8-12-22(21)31-3/h4-17,27H,1-3H3. The lowest BCUT2D eigenvalue weighted by Gasteiger charge is -2.18. The van der Waals surface area contributed by atoms with Gasteiger partial charge in [0.2, 0.25) is 0 Å². The Hall–Kier alpha value is -3.51. The minimum absolute atomic E-state index is 0.257. The zero-order valence-corrected chi connectivity index (χ0v) is 19.0. The molecule has 0 saturated heterocycles. The zero-order valence-electron chi connectivity index (χ0n) is 18.2. The first-order valence-corrected chi connectivity index (χ1v) is 11.2. The van der Waals surface area contributed by atoms with Crippen molar-refractivity contribution in [3.8, 4) is 5.75 Å². The Balaban J connectivity index is 1.74. The minimum Gasteiger partial charge on any atom is -0.495 e. The van der Waals surface area contributed by atoms with E-state index in [2.05, 4.69) is 19.2 Å². The van der Waals surface area contributed by atoms with Crippen molar-refractivity contribution in [1.82, 2.24) is 0 Å². The molecule has 1 N–H and O–H groups in total. The number of benzene rings is 3. The van der Waals surface area contributed by atoms with Crippen LogP contribution in [0.15, 0.2) is 94.4 Å². The van der Waals surface area contributed by atoms with Gasteiger partial charge in [-0.1, -0.05) is 68.1 Å². The highest BCUT2D eigenvalue weighted by atomic mass is 32.2. The summed E-state index contributed by atoms with van der Waals surface area (Å²) in [6.07, 6.45) is 0. The molecular formula is C26H24N2O3S. The number of carbonyl (C=O) groups is 2. The van der Waals surface area contributed by atoms with E-state index in [1.54, 1.807) is 24.3 Å². The maximum Gasteiger partial charge on any atom is 0.283 e. The molecule has 0 unspecified atom stereocenters. The van der Waals surface area contributed by atoms with Gasteiger partial charge in [0.05, 0.1) is 12.8 Å². The molecule has 0 spiro atoms. The first-order valence-electron chi connectivity index (χ1n) is 10.4. The third-order valence-electron chi connectivity index (χ3n) is 5.18. The van der Waals surface area contributed by atoms with Gasteiger partial charge in [0, 0.05) is 10.6 Å². The number of para-hydroxylation sites is 2. The summed E-state index contributed by atoms with van der Waals surface area (Å²) >= 11 is 1.27. The number of hydrogen-bond donors (Lipinski definition) is 1. The van der Waals surface area contributed by atoms with E-state index in [-0.39, 0.29) is 11.6 Å². The number of anilines is 2. The molecule has 0 aliphatic carbocycles. The number of hydrogen-bond acceptors (Lipinski definition) is 5. The lowest BCUT2D eigenvalue weighted by atomic mass is 10.0. The van der Waals surface area contributed by atoms with Crippen LogP contribution in [0.5, 0.6) is 5.75 Å². The van der Waals surface area contributed by atoms with Gasteiger partial charge < -0.3 is 10.1 Å². The number of ether oxygens (including phenoxy) is 1. The van der Waals surface area contributed by atoms with Gasteiger partial charge in [-0.05, 0) is 47.9 Å². The van der Waals surface area contributed by atoms with Gasteiger partial charge in [-0.2, -0.15) is 0 Å². The van der Waals surface area contributed by atoms with E-state index < -0.39 is 5.91 Å². The van der Waals surface area contributed by atoms with E-state index in [0.717, 1.165) is 10.6 Å². The van der Waals surface area contributed by atoms with Crippen LogP contribution >= 0.6 is 11.8 Å². The fourth-order valence-electron chi connectivity index (χ4n) is 3.45. The van der Waals surface area contributed by atoms with E-state index in [1.165, 1.54) is 29.3 Å². The number of imide groups is 1. The summed E-state index contributed by atoms with van der Waals surface area (Å²) in [5, 5.41) is 3.20. The predicted molar refractivity (Wildman–Crippen MR) is 129 cm³/mol. The second kappa shape index (κ2) is 9.32. The Morgan fingerprint density at radius 3 is 2.16 bits per heavy atom. The maximum atomic E-state index is 13.5. The monoisotopic (exact) mass is 444 g/mol. The smallest absolute Gasteiger partial charge is 0.283 e. The van der Waals surface area contributed by atoms with Gasteiger partial charge in [-0.15, -0.1) is 0 Å². The Morgan fingerprint density at radius 2 is 1.50 bits per heavy atom. The highest BCUT2D eigenvalue weighted by Gasteiger charge is 2.41. The number of rotatable bonds is 7. The van der Waals surface area contributed by atoms with Gasteiger partial charge in [-0.25, -0.2) is 4.90 Å². The van der Waals surface area contributed by atoms with Crippen molar-refractivity contribution in [3.63, 3.8) is 0 Å². The van der Waals surface area contributed by atoms with E-state index in [0.29, 0.717) is 22.3 Å². The average Bonchev–Trinajstić information content (AvgIpc) is 3.04. The number of methoxy groups -OCH3 is 1. The summed E-state index contributed by atoms with van der Waals surface area (Å²) in [7, 11) is 1.52. The average molecular weight is 445 g/mol. The van der Waals surface area contributed by atoms with Crippen molar-refractivity contribution in [1.29, 1.82) is 0 Å².